The van der Waals surface area contributed by atoms with E-state index in [0.717, 1.165) is 5.56 Å². The summed E-state index contributed by atoms with van der Waals surface area (Å²) < 4.78 is 4.96. The normalized spacial score (nSPS) is 10.5. The number of rotatable bonds is 1. The van der Waals surface area contributed by atoms with E-state index in [2.05, 4.69) is 5.16 Å². The molecule has 0 radical (unpaired) electrons. The predicted molar refractivity (Wildman–Crippen MR) is 56.7 cm³/mol. The van der Waals surface area contributed by atoms with Gasteiger partial charge in [-0.15, -0.1) is 0 Å². The SMILES string of the molecule is Cc1onc(-c2ccccc2Cl)c1Cl. The van der Waals surface area contributed by atoms with E-state index < -0.39 is 0 Å². The van der Waals surface area contributed by atoms with Crippen LogP contribution in [0.4, 0.5) is 0 Å². The lowest BCUT2D eigenvalue weighted by Crippen LogP contribution is -1.79. The van der Waals surface area contributed by atoms with Gasteiger partial charge in [-0.25, -0.2) is 0 Å². The summed E-state index contributed by atoms with van der Waals surface area (Å²) in [5, 5.41) is 4.98. The molecule has 0 N–H and O–H groups in total. The molecule has 0 aliphatic heterocycles. The first-order valence-corrected chi connectivity index (χ1v) is 4.82. The van der Waals surface area contributed by atoms with Crippen molar-refractivity contribution in [2.75, 3.05) is 0 Å². The van der Waals surface area contributed by atoms with Crippen LogP contribution in [-0.2, 0) is 0 Å². The standard InChI is InChI=1S/C10H7Cl2NO/c1-6-9(12)10(13-14-6)7-4-2-3-5-8(7)11/h2-5H,1H3. The van der Waals surface area contributed by atoms with Crippen LogP contribution in [0.3, 0.4) is 0 Å². The Morgan fingerprint density at radius 3 is 2.50 bits per heavy atom. The highest BCUT2D eigenvalue weighted by atomic mass is 35.5. The van der Waals surface area contributed by atoms with Crippen molar-refractivity contribution in [2.45, 2.75) is 6.92 Å². The average Bonchev–Trinajstić information content (AvgIpc) is 2.49. The maximum absolute atomic E-state index is 6.00. The second-order valence-electron chi connectivity index (χ2n) is 2.88. The maximum atomic E-state index is 6.00. The summed E-state index contributed by atoms with van der Waals surface area (Å²) in [5.41, 5.74) is 1.38. The molecule has 14 heavy (non-hydrogen) atoms. The Hall–Kier alpha value is -0.990. The zero-order chi connectivity index (χ0) is 10.1. The number of nitrogens with zero attached hydrogens (tertiary/aromatic N) is 1. The second-order valence-corrected chi connectivity index (χ2v) is 3.67. The fourth-order valence-corrected chi connectivity index (χ4v) is 1.58. The fraction of sp³-hybridized carbons (Fsp3) is 0.100. The third-order valence-corrected chi connectivity index (χ3v) is 2.69. The Balaban J connectivity index is 2.60. The third-order valence-electron chi connectivity index (χ3n) is 1.92. The minimum atomic E-state index is 0.512. The Bertz CT molecular complexity index is 465. The molecule has 0 amide bonds. The molecular formula is C10H7Cl2NO. The van der Waals surface area contributed by atoms with Gasteiger partial charge in [0.1, 0.15) is 10.7 Å². The van der Waals surface area contributed by atoms with Crippen molar-refractivity contribution in [1.82, 2.24) is 5.16 Å². The van der Waals surface area contributed by atoms with Gasteiger partial charge < -0.3 is 4.52 Å². The molecule has 0 spiro atoms. The van der Waals surface area contributed by atoms with E-state index in [-0.39, 0.29) is 0 Å². The summed E-state index contributed by atoms with van der Waals surface area (Å²) in [6.45, 7) is 1.76. The summed E-state index contributed by atoms with van der Waals surface area (Å²) in [5.74, 6) is 0.599. The molecule has 1 heterocycles. The molecule has 0 atom stereocenters. The molecule has 0 aliphatic rings. The number of halogens is 2. The molecule has 0 saturated heterocycles. The van der Waals surface area contributed by atoms with Crippen LogP contribution < -0.4 is 0 Å². The molecule has 0 unspecified atom stereocenters. The van der Waals surface area contributed by atoms with Crippen molar-refractivity contribution < 1.29 is 4.52 Å². The van der Waals surface area contributed by atoms with Gasteiger partial charge in [0, 0.05) is 5.56 Å². The van der Waals surface area contributed by atoms with Gasteiger partial charge in [0.05, 0.1) is 5.02 Å². The van der Waals surface area contributed by atoms with Crippen LogP contribution in [0.25, 0.3) is 11.3 Å². The molecule has 2 nitrogen and oxygen atoms in total. The van der Waals surface area contributed by atoms with Crippen molar-refractivity contribution in [3.8, 4) is 11.3 Å². The van der Waals surface area contributed by atoms with Gasteiger partial charge in [-0.2, -0.15) is 0 Å². The highest BCUT2D eigenvalue weighted by Crippen LogP contribution is 2.33. The summed E-state index contributed by atoms with van der Waals surface area (Å²) in [6.07, 6.45) is 0. The number of aromatic nitrogens is 1. The average molecular weight is 228 g/mol. The highest BCUT2D eigenvalue weighted by molar-refractivity contribution is 6.36. The van der Waals surface area contributed by atoms with Gasteiger partial charge in [0.2, 0.25) is 0 Å². The van der Waals surface area contributed by atoms with Gasteiger partial charge in [-0.3, -0.25) is 0 Å². The Morgan fingerprint density at radius 1 is 1.21 bits per heavy atom. The highest BCUT2D eigenvalue weighted by Gasteiger charge is 2.14. The number of aryl methyl sites for hydroxylation is 1. The fourth-order valence-electron chi connectivity index (χ4n) is 1.18. The third kappa shape index (κ3) is 1.51. The molecular weight excluding hydrogens is 221 g/mol. The molecule has 2 rings (SSSR count). The summed E-state index contributed by atoms with van der Waals surface area (Å²) >= 11 is 12.0. The minimum Gasteiger partial charge on any atom is -0.359 e. The van der Waals surface area contributed by atoms with Crippen LogP contribution in [0.1, 0.15) is 5.76 Å². The lowest BCUT2D eigenvalue weighted by molar-refractivity contribution is 0.400. The van der Waals surface area contributed by atoms with E-state index in [4.69, 9.17) is 27.7 Å². The molecule has 1 aromatic carbocycles. The summed E-state index contributed by atoms with van der Waals surface area (Å²) in [4.78, 5) is 0. The van der Waals surface area contributed by atoms with E-state index in [1.54, 1.807) is 13.0 Å². The van der Waals surface area contributed by atoms with Crippen LogP contribution in [0.15, 0.2) is 28.8 Å². The van der Waals surface area contributed by atoms with Crippen molar-refractivity contribution in [3.63, 3.8) is 0 Å². The van der Waals surface area contributed by atoms with Crippen LogP contribution in [-0.4, -0.2) is 5.16 Å². The Kier molecular flexibility index (Phi) is 2.48. The summed E-state index contributed by atoms with van der Waals surface area (Å²) in [7, 11) is 0. The number of benzene rings is 1. The van der Waals surface area contributed by atoms with Gasteiger partial charge in [0.15, 0.2) is 5.76 Å². The number of hydrogen-bond donors (Lipinski definition) is 0. The van der Waals surface area contributed by atoms with Gasteiger partial charge in [-0.05, 0) is 13.0 Å². The molecule has 72 valence electrons. The van der Waals surface area contributed by atoms with Crippen LogP contribution in [0.2, 0.25) is 10.0 Å². The van der Waals surface area contributed by atoms with E-state index >= 15 is 0 Å². The van der Waals surface area contributed by atoms with Crippen LogP contribution in [0.5, 0.6) is 0 Å². The molecule has 0 bridgehead atoms. The first-order valence-electron chi connectivity index (χ1n) is 4.07. The minimum absolute atomic E-state index is 0.512. The molecule has 2 aromatic rings. The van der Waals surface area contributed by atoms with Crippen molar-refractivity contribution >= 4 is 23.2 Å². The van der Waals surface area contributed by atoms with E-state index in [0.29, 0.717) is 21.5 Å². The van der Waals surface area contributed by atoms with E-state index in [1.165, 1.54) is 0 Å². The van der Waals surface area contributed by atoms with E-state index in [9.17, 15) is 0 Å². The first-order chi connectivity index (χ1) is 6.70. The zero-order valence-electron chi connectivity index (χ0n) is 7.42. The van der Waals surface area contributed by atoms with Crippen molar-refractivity contribution in [2.24, 2.45) is 0 Å². The zero-order valence-corrected chi connectivity index (χ0v) is 8.93. The van der Waals surface area contributed by atoms with Crippen molar-refractivity contribution in [1.29, 1.82) is 0 Å². The van der Waals surface area contributed by atoms with Crippen LogP contribution in [0, 0.1) is 6.92 Å². The molecule has 0 aliphatic carbocycles. The van der Waals surface area contributed by atoms with Gasteiger partial charge >= 0.3 is 0 Å². The molecule has 0 fully saturated rings. The monoisotopic (exact) mass is 227 g/mol. The quantitative estimate of drug-likeness (QED) is 0.738. The number of hydrogen-bond acceptors (Lipinski definition) is 2. The Labute approximate surface area is 91.4 Å². The predicted octanol–water partition coefficient (Wildman–Crippen LogP) is 3.96. The Morgan fingerprint density at radius 2 is 1.93 bits per heavy atom. The molecule has 0 saturated carbocycles. The van der Waals surface area contributed by atoms with Gasteiger partial charge in [0.25, 0.3) is 0 Å². The van der Waals surface area contributed by atoms with Gasteiger partial charge in [-0.1, -0.05) is 46.6 Å². The molecule has 4 heteroatoms. The lowest BCUT2D eigenvalue weighted by Gasteiger charge is -1.98. The topological polar surface area (TPSA) is 26.0 Å². The van der Waals surface area contributed by atoms with E-state index in [1.807, 2.05) is 18.2 Å². The first kappa shape index (κ1) is 9.56. The van der Waals surface area contributed by atoms with Crippen molar-refractivity contribution in [3.05, 3.63) is 40.1 Å². The smallest absolute Gasteiger partial charge is 0.152 e. The molecule has 1 aromatic heterocycles. The van der Waals surface area contributed by atoms with Crippen LogP contribution >= 0.6 is 23.2 Å². The lowest BCUT2D eigenvalue weighted by atomic mass is 10.1. The summed E-state index contributed by atoms with van der Waals surface area (Å²) in [6, 6.07) is 7.37. The maximum Gasteiger partial charge on any atom is 0.152 e. The largest absolute Gasteiger partial charge is 0.359 e. The second kappa shape index (κ2) is 3.64.